The SMILES string of the molecule is CCCCCC1CCC(c2ccc(C(C)=Cc3c(F)cc(OC)c(F)c3F)cc2)CC1. The maximum absolute atomic E-state index is 14.3. The number of halogens is 3. The molecule has 1 fully saturated rings. The van der Waals surface area contributed by atoms with Gasteiger partial charge in [0.25, 0.3) is 0 Å². The monoisotopic (exact) mass is 430 g/mol. The van der Waals surface area contributed by atoms with Crippen molar-refractivity contribution in [3.05, 3.63) is 64.5 Å². The van der Waals surface area contributed by atoms with Gasteiger partial charge in [-0.2, -0.15) is 4.39 Å². The van der Waals surface area contributed by atoms with E-state index in [1.807, 2.05) is 12.1 Å². The van der Waals surface area contributed by atoms with Crippen LogP contribution in [0.5, 0.6) is 5.75 Å². The summed E-state index contributed by atoms with van der Waals surface area (Å²) in [5, 5.41) is 0. The van der Waals surface area contributed by atoms with Crippen LogP contribution in [0.1, 0.15) is 87.8 Å². The Bertz CT molecular complexity index is 894. The molecular formula is C27H33F3O. The third-order valence-electron chi connectivity index (χ3n) is 6.64. The number of hydrogen-bond donors (Lipinski definition) is 0. The van der Waals surface area contributed by atoms with Crippen molar-refractivity contribution in [1.29, 1.82) is 0 Å². The Kier molecular flexibility index (Phi) is 8.22. The minimum absolute atomic E-state index is 0.388. The summed E-state index contributed by atoms with van der Waals surface area (Å²) < 4.78 is 47.2. The maximum Gasteiger partial charge on any atom is 0.201 e. The van der Waals surface area contributed by atoms with Crippen LogP contribution in [0.25, 0.3) is 11.6 Å². The van der Waals surface area contributed by atoms with Crippen molar-refractivity contribution >= 4 is 11.6 Å². The predicted molar refractivity (Wildman–Crippen MR) is 122 cm³/mol. The van der Waals surface area contributed by atoms with E-state index in [9.17, 15) is 13.2 Å². The quantitative estimate of drug-likeness (QED) is 0.232. The molecule has 1 aliphatic carbocycles. The first kappa shape index (κ1) is 23.4. The number of hydrogen-bond acceptors (Lipinski definition) is 1. The van der Waals surface area contributed by atoms with Crippen LogP contribution in [0.3, 0.4) is 0 Å². The largest absolute Gasteiger partial charge is 0.493 e. The first-order valence-corrected chi connectivity index (χ1v) is 11.4. The summed E-state index contributed by atoms with van der Waals surface area (Å²) >= 11 is 0. The summed E-state index contributed by atoms with van der Waals surface area (Å²) in [6.07, 6.45) is 11.7. The summed E-state index contributed by atoms with van der Waals surface area (Å²) in [5.41, 5.74) is 2.48. The van der Waals surface area contributed by atoms with E-state index in [1.165, 1.54) is 70.1 Å². The van der Waals surface area contributed by atoms with E-state index in [2.05, 4.69) is 23.8 Å². The highest BCUT2D eigenvalue weighted by Gasteiger charge is 2.22. The molecule has 1 nitrogen and oxygen atoms in total. The number of unbranched alkanes of at least 4 members (excludes halogenated alkanes) is 2. The Balaban J connectivity index is 1.67. The van der Waals surface area contributed by atoms with E-state index < -0.39 is 23.2 Å². The molecule has 0 heterocycles. The molecule has 4 heteroatoms. The van der Waals surface area contributed by atoms with Gasteiger partial charge >= 0.3 is 0 Å². The van der Waals surface area contributed by atoms with E-state index >= 15 is 0 Å². The van der Waals surface area contributed by atoms with Gasteiger partial charge in [-0.3, -0.25) is 0 Å². The Morgan fingerprint density at radius 3 is 2.29 bits per heavy atom. The highest BCUT2D eigenvalue weighted by atomic mass is 19.2. The van der Waals surface area contributed by atoms with Gasteiger partial charge in [0.1, 0.15) is 5.82 Å². The molecule has 0 radical (unpaired) electrons. The van der Waals surface area contributed by atoms with Crippen LogP contribution in [0.2, 0.25) is 0 Å². The lowest BCUT2D eigenvalue weighted by atomic mass is 9.77. The minimum atomic E-state index is -1.23. The third-order valence-corrected chi connectivity index (χ3v) is 6.64. The van der Waals surface area contributed by atoms with Gasteiger partial charge in [0.2, 0.25) is 5.82 Å². The molecule has 1 saturated carbocycles. The fourth-order valence-corrected chi connectivity index (χ4v) is 4.65. The standard InChI is InChI=1S/C27H33F3O/c1-4-5-6-7-19-8-10-21(11-9-19)22-14-12-20(13-15-22)18(2)16-23-24(28)17-25(31-3)27(30)26(23)29/h12-17,19,21H,4-11H2,1-3H3. The molecule has 0 spiro atoms. The lowest BCUT2D eigenvalue weighted by Gasteiger charge is -2.29. The number of allylic oxidation sites excluding steroid dienone is 1. The fourth-order valence-electron chi connectivity index (χ4n) is 4.65. The molecule has 2 aromatic rings. The van der Waals surface area contributed by atoms with E-state index in [4.69, 9.17) is 0 Å². The Hall–Kier alpha value is -2.23. The molecule has 0 aromatic heterocycles. The molecule has 1 aliphatic rings. The van der Waals surface area contributed by atoms with E-state index in [1.54, 1.807) is 6.92 Å². The van der Waals surface area contributed by atoms with Gasteiger partial charge < -0.3 is 4.74 Å². The average molecular weight is 431 g/mol. The molecule has 3 rings (SSSR count). The number of ether oxygens (including phenoxy) is 1. The smallest absolute Gasteiger partial charge is 0.201 e. The van der Waals surface area contributed by atoms with Crippen LogP contribution >= 0.6 is 0 Å². The lowest BCUT2D eigenvalue weighted by molar-refractivity contribution is 0.303. The highest BCUT2D eigenvalue weighted by Crippen LogP contribution is 2.38. The zero-order valence-corrected chi connectivity index (χ0v) is 18.8. The Morgan fingerprint density at radius 2 is 1.68 bits per heavy atom. The molecule has 0 saturated heterocycles. The summed E-state index contributed by atoms with van der Waals surface area (Å²) in [7, 11) is 1.18. The Morgan fingerprint density at radius 1 is 1.00 bits per heavy atom. The van der Waals surface area contributed by atoms with Gasteiger partial charge in [0.05, 0.1) is 7.11 Å². The van der Waals surface area contributed by atoms with Crippen molar-refractivity contribution in [2.45, 2.75) is 71.1 Å². The zero-order chi connectivity index (χ0) is 22.4. The zero-order valence-electron chi connectivity index (χ0n) is 18.8. The normalized spacial score (nSPS) is 19.5. The lowest BCUT2D eigenvalue weighted by Crippen LogP contribution is -2.13. The molecule has 0 amide bonds. The molecular weight excluding hydrogens is 397 g/mol. The van der Waals surface area contributed by atoms with Gasteiger partial charge in [0, 0.05) is 11.6 Å². The third kappa shape index (κ3) is 5.72. The predicted octanol–water partition coefficient (Wildman–Crippen LogP) is 8.53. The second-order valence-corrected chi connectivity index (χ2v) is 8.77. The van der Waals surface area contributed by atoms with Gasteiger partial charge in [-0.25, -0.2) is 8.78 Å². The number of rotatable bonds is 8. The van der Waals surface area contributed by atoms with Crippen molar-refractivity contribution in [2.24, 2.45) is 5.92 Å². The van der Waals surface area contributed by atoms with Crippen LogP contribution in [-0.4, -0.2) is 7.11 Å². The van der Waals surface area contributed by atoms with Crippen molar-refractivity contribution in [3.8, 4) is 5.75 Å². The maximum atomic E-state index is 14.3. The molecule has 0 N–H and O–H groups in total. The molecule has 0 atom stereocenters. The molecule has 31 heavy (non-hydrogen) atoms. The van der Waals surface area contributed by atoms with Crippen molar-refractivity contribution in [2.75, 3.05) is 7.11 Å². The summed E-state index contributed by atoms with van der Waals surface area (Å²) in [4.78, 5) is 0. The van der Waals surface area contributed by atoms with Crippen LogP contribution in [0, 0.1) is 23.4 Å². The van der Waals surface area contributed by atoms with E-state index in [0.29, 0.717) is 11.5 Å². The van der Waals surface area contributed by atoms with Crippen molar-refractivity contribution in [3.63, 3.8) is 0 Å². The van der Waals surface area contributed by atoms with Crippen LogP contribution < -0.4 is 4.74 Å². The average Bonchev–Trinajstić information content (AvgIpc) is 2.79. The highest BCUT2D eigenvalue weighted by molar-refractivity contribution is 5.80. The van der Waals surface area contributed by atoms with Crippen LogP contribution in [-0.2, 0) is 0 Å². The van der Waals surface area contributed by atoms with E-state index in [0.717, 1.165) is 17.5 Å². The summed E-state index contributed by atoms with van der Waals surface area (Å²) in [5.74, 6) is -2.22. The topological polar surface area (TPSA) is 9.23 Å². The van der Waals surface area contributed by atoms with Gasteiger partial charge in [-0.1, -0.05) is 56.9 Å². The van der Waals surface area contributed by atoms with Gasteiger partial charge in [-0.15, -0.1) is 0 Å². The second-order valence-electron chi connectivity index (χ2n) is 8.77. The van der Waals surface area contributed by atoms with Gasteiger partial charge in [-0.05, 0) is 67.2 Å². The summed E-state index contributed by atoms with van der Waals surface area (Å²) in [6, 6.07) is 9.10. The molecule has 0 unspecified atom stereocenters. The minimum Gasteiger partial charge on any atom is -0.493 e. The van der Waals surface area contributed by atoms with Crippen LogP contribution in [0.4, 0.5) is 13.2 Å². The van der Waals surface area contributed by atoms with Crippen LogP contribution in [0.15, 0.2) is 30.3 Å². The first-order valence-electron chi connectivity index (χ1n) is 11.4. The van der Waals surface area contributed by atoms with Gasteiger partial charge in [0.15, 0.2) is 11.6 Å². The fraction of sp³-hybridized carbons (Fsp3) is 0.481. The number of methoxy groups -OCH3 is 1. The molecule has 0 bridgehead atoms. The molecule has 2 aromatic carbocycles. The van der Waals surface area contributed by atoms with Crippen molar-refractivity contribution in [1.82, 2.24) is 0 Å². The Labute approximate surface area is 184 Å². The van der Waals surface area contributed by atoms with Crippen molar-refractivity contribution < 1.29 is 17.9 Å². The number of benzene rings is 2. The molecule has 168 valence electrons. The van der Waals surface area contributed by atoms with E-state index in [-0.39, 0.29) is 5.56 Å². The first-order chi connectivity index (χ1) is 14.9. The summed E-state index contributed by atoms with van der Waals surface area (Å²) in [6.45, 7) is 4.03. The molecule has 0 aliphatic heterocycles. The second kappa shape index (κ2) is 10.9.